The Kier molecular flexibility index (Phi) is 4.99. The van der Waals surface area contributed by atoms with E-state index >= 15 is 0 Å². The van der Waals surface area contributed by atoms with Crippen LogP contribution >= 0.6 is 0 Å². The van der Waals surface area contributed by atoms with Crippen molar-refractivity contribution in [2.45, 2.75) is 33.0 Å². The zero-order chi connectivity index (χ0) is 14.5. The Morgan fingerprint density at radius 1 is 1.00 bits per heavy atom. The molecule has 0 amide bonds. The summed E-state index contributed by atoms with van der Waals surface area (Å²) in [6.45, 7) is 6.77. The van der Waals surface area contributed by atoms with Gasteiger partial charge in [0.25, 0.3) is 0 Å². The third-order valence-electron chi connectivity index (χ3n) is 3.14. The van der Waals surface area contributed by atoms with Gasteiger partial charge in [-0.1, -0.05) is 36.4 Å². The van der Waals surface area contributed by atoms with E-state index in [2.05, 4.69) is 0 Å². The average molecular weight is 274 g/mol. The van der Waals surface area contributed by atoms with Crippen LogP contribution in [0, 0.1) is 0 Å². The van der Waals surface area contributed by atoms with Crippen molar-refractivity contribution in [2.75, 3.05) is 13.2 Å². The molecule has 0 aliphatic carbocycles. The van der Waals surface area contributed by atoms with Gasteiger partial charge in [0.15, 0.2) is 0 Å². The third kappa shape index (κ3) is 3.50. The monoisotopic (exact) mass is 274 g/mol. The minimum atomic E-state index is -0.555. The Balaban J connectivity index is 2.25. The highest BCUT2D eigenvalue weighted by Gasteiger charge is 2.12. The van der Waals surface area contributed by atoms with Crippen LogP contribution in [0.5, 0.6) is 5.75 Å². The summed E-state index contributed by atoms with van der Waals surface area (Å²) in [6.07, 6.45) is -0.358. The molecular weight excluding hydrogens is 252 g/mol. The fraction of sp³-hybridized carbons (Fsp3) is 0.412. The van der Waals surface area contributed by atoms with E-state index < -0.39 is 6.10 Å². The molecule has 20 heavy (non-hydrogen) atoms. The van der Waals surface area contributed by atoms with Crippen molar-refractivity contribution < 1.29 is 14.6 Å². The van der Waals surface area contributed by atoms with E-state index in [4.69, 9.17) is 9.47 Å². The van der Waals surface area contributed by atoms with Crippen LogP contribution < -0.4 is 4.74 Å². The first-order chi connectivity index (χ1) is 9.59. The van der Waals surface area contributed by atoms with Crippen LogP contribution in [0.4, 0.5) is 0 Å². The maximum atomic E-state index is 9.90. The van der Waals surface area contributed by atoms with Crippen LogP contribution in [0.25, 0.3) is 10.8 Å². The molecule has 0 heterocycles. The Hall–Kier alpha value is -1.58. The molecular formula is C17H22O3. The molecule has 0 saturated heterocycles. The summed E-state index contributed by atoms with van der Waals surface area (Å²) in [5, 5.41) is 12.0. The standard InChI is InChI=1S/C17H22O3/c1-12(2)19-10-11-20-17-15(13(3)18)9-8-14-6-4-5-7-16(14)17/h4-9,12-13,18H,10-11H2,1-3H3/t13-/m1/s1. The van der Waals surface area contributed by atoms with Crippen LogP contribution in [0.2, 0.25) is 0 Å². The Bertz CT molecular complexity index is 561. The van der Waals surface area contributed by atoms with Crippen molar-refractivity contribution in [1.29, 1.82) is 0 Å². The van der Waals surface area contributed by atoms with Crippen molar-refractivity contribution in [1.82, 2.24) is 0 Å². The molecule has 2 aromatic rings. The number of rotatable bonds is 6. The van der Waals surface area contributed by atoms with E-state index in [-0.39, 0.29) is 6.10 Å². The number of aliphatic hydroxyl groups excluding tert-OH is 1. The van der Waals surface area contributed by atoms with Gasteiger partial charge in [-0.15, -0.1) is 0 Å². The predicted molar refractivity (Wildman–Crippen MR) is 81.2 cm³/mol. The molecule has 0 saturated carbocycles. The van der Waals surface area contributed by atoms with Gasteiger partial charge in [-0.3, -0.25) is 0 Å². The number of hydrogen-bond acceptors (Lipinski definition) is 3. The van der Waals surface area contributed by atoms with Crippen LogP contribution in [0.15, 0.2) is 36.4 Å². The predicted octanol–water partition coefficient (Wildman–Crippen LogP) is 3.70. The van der Waals surface area contributed by atoms with Crippen molar-refractivity contribution in [3.63, 3.8) is 0 Å². The zero-order valence-electron chi connectivity index (χ0n) is 12.3. The lowest BCUT2D eigenvalue weighted by molar-refractivity contribution is 0.0547. The van der Waals surface area contributed by atoms with E-state index in [1.54, 1.807) is 6.92 Å². The van der Waals surface area contributed by atoms with Crippen LogP contribution in [-0.2, 0) is 4.74 Å². The van der Waals surface area contributed by atoms with Crippen LogP contribution in [-0.4, -0.2) is 24.4 Å². The van der Waals surface area contributed by atoms with Crippen LogP contribution in [0.3, 0.4) is 0 Å². The van der Waals surface area contributed by atoms with Gasteiger partial charge in [0.2, 0.25) is 0 Å². The molecule has 0 aromatic heterocycles. The number of hydrogen-bond donors (Lipinski definition) is 1. The summed E-state index contributed by atoms with van der Waals surface area (Å²) in [6, 6.07) is 12.0. The second kappa shape index (κ2) is 6.73. The van der Waals surface area contributed by atoms with Gasteiger partial charge in [-0.05, 0) is 26.2 Å². The molecule has 0 bridgehead atoms. The molecule has 0 spiro atoms. The van der Waals surface area contributed by atoms with Gasteiger partial charge in [-0.2, -0.15) is 0 Å². The first-order valence-corrected chi connectivity index (χ1v) is 7.03. The van der Waals surface area contributed by atoms with Gasteiger partial charge in [0, 0.05) is 10.9 Å². The van der Waals surface area contributed by atoms with Crippen LogP contribution in [0.1, 0.15) is 32.4 Å². The molecule has 1 N–H and O–H groups in total. The molecule has 0 aliphatic heterocycles. The topological polar surface area (TPSA) is 38.7 Å². The highest BCUT2D eigenvalue weighted by molar-refractivity contribution is 5.89. The lowest BCUT2D eigenvalue weighted by Crippen LogP contribution is -2.12. The molecule has 2 rings (SSSR count). The normalized spacial score (nSPS) is 12.8. The maximum absolute atomic E-state index is 9.90. The Morgan fingerprint density at radius 2 is 1.75 bits per heavy atom. The highest BCUT2D eigenvalue weighted by atomic mass is 16.5. The first-order valence-electron chi connectivity index (χ1n) is 7.03. The van der Waals surface area contributed by atoms with E-state index in [0.29, 0.717) is 13.2 Å². The lowest BCUT2D eigenvalue weighted by atomic mass is 10.0. The number of fused-ring (bicyclic) bond motifs is 1. The number of aliphatic hydroxyl groups is 1. The summed E-state index contributed by atoms with van der Waals surface area (Å²) >= 11 is 0. The zero-order valence-corrected chi connectivity index (χ0v) is 12.3. The quantitative estimate of drug-likeness (QED) is 0.816. The first kappa shape index (κ1) is 14.8. The van der Waals surface area contributed by atoms with Gasteiger partial charge in [0.05, 0.1) is 18.8 Å². The molecule has 0 radical (unpaired) electrons. The molecule has 3 heteroatoms. The summed E-state index contributed by atoms with van der Waals surface area (Å²) in [7, 11) is 0. The largest absolute Gasteiger partial charge is 0.490 e. The van der Waals surface area contributed by atoms with Crippen molar-refractivity contribution in [2.24, 2.45) is 0 Å². The molecule has 0 fully saturated rings. The highest BCUT2D eigenvalue weighted by Crippen LogP contribution is 2.33. The molecule has 0 aliphatic rings. The molecule has 2 aromatic carbocycles. The Morgan fingerprint density at radius 3 is 2.45 bits per heavy atom. The summed E-state index contributed by atoms with van der Waals surface area (Å²) in [5.41, 5.74) is 0.813. The van der Waals surface area contributed by atoms with E-state index in [1.807, 2.05) is 50.2 Å². The van der Waals surface area contributed by atoms with E-state index in [1.165, 1.54) is 0 Å². The minimum Gasteiger partial charge on any atom is -0.490 e. The molecule has 1 atom stereocenters. The smallest absolute Gasteiger partial charge is 0.133 e. The average Bonchev–Trinajstić information content (AvgIpc) is 2.42. The molecule has 108 valence electrons. The second-order valence-electron chi connectivity index (χ2n) is 5.15. The number of benzene rings is 2. The fourth-order valence-corrected chi connectivity index (χ4v) is 2.18. The fourth-order valence-electron chi connectivity index (χ4n) is 2.18. The third-order valence-corrected chi connectivity index (χ3v) is 3.14. The van der Waals surface area contributed by atoms with Crippen molar-refractivity contribution in [3.05, 3.63) is 42.0 Å². The summed E-state index contributed by atoms with van der Waals surface area (Å²) in [4.78, 5) is 0. The summed E-state index contributed by atoms with van der Waals surface area (Å²) in [5.74, 6) is 0.755. The molecule has 0 unspecified atom stereocenters. The SMILES string of the molecule is CC(C)OCCOc1c([C@@H](C)O)ccc2ccccc12. The van der Waals surface area contributed by atoms with Gasteiger partial charge in [-0.25, -0.2) is 0 Å². The minimum absolute atomic E-state index is 0.197. The van der Waals surface area contributed by atoms with Gasteiger partial charge in [0.1, 0.15) is 12.4 Å². The molecule has 3 nitrogen and oxygen atoms in total. The summed E-state index contributed by atoms with van der Waals surface area (Å²) < 4.78 is 11.4. The van der Waals surface area contributed by atoms with Gasteiger partial charge >= 0.3 is 0 Å². The maximum Gasteiger partial charge on any atom is 0.133 e. The van der Waals surface area contributed by atoms with Crippen molar-refractivity contribution in [3.8, 4) is 5.75 Å². The van der Waals surface area contributed by atoms with Gasteiger partial charge < -0.3 is 14.6 Å². The van der Waals surface area contributed by atoms with E-state index in [9.17, 15) is 5.11 Å². The van der Waals surface area contributed by atoms with Crippen molar-refractivity contribution >= 4 is 10.8 Å². The second-order valence-corrected chi connectivity index (χ2v) is 5.15. The lowest BCUT2D eigenvalue weighted by Gasteiger charge is -2.16. The Labute approximate surface area is 120 Å². The number of ether oxygens (including phenoxy) is 2. The van der Waals surface area contributed by atoms with E-state index in [0.717, 1.165) is 22.1 Å².